The highest BCUT2D eigenvalue weighted by Crippen LogP contribution is 2.37. The van der Waals surface area contributed by atoms with Crippen molar-refractivity contribution >= 4 is 21.8 Å². The van der Waals surface area contributed by atoms with Crippen molar-refractivity contribution in [2.75, 3.05) is 13.7 Å². The third-order valence-corrected chi connectivity index (χ3v) is 3.62. The van der Waals surface area contributed by atoms with Gasteiger partial charge >= 0.3 is 0 Å². The summed E-state index contributed by atoms with van der Waals surface area (Å²) in [7, 11) is 1.53. The Labute approximate surface area is 143 Å². The Morgan fingerprint density at radius 3 is 2.61 bits per heavy atom. The molecule has 2 aromatic rings. The number of halogens is 1. The standard InChI is InChI=1S/C17H18BrNO4/c1-3-23-19-17(20)13-9-14(18)16(15(10-13)21-2)22-11-12-7-5-4-6-8-12/h4-10H,3,11H2,1-2H3,(H,19,20). The van der Waals surface area contributed by atoms with Crippen LogP contribution in [-0.4, -0.2) is 19.6 Å². The van der Waals surface area contributed by atoms with Gasteiger partial charge in [-0.1, -0.05) is 30.3 Å². The van der Waals surface area contributed by atoms with Crippen molar-refractivity contribution in [3.8, 4) is 11.5 Å². The van der Waals surface area contributed by atoms with Crippen molar-refractivity contribution in [3.63, 3.8) is 0 Å². The average Bonchev–Trinajstić information content (AvgIpc) is 2.58. The second kappa shape index (κ2) is 8.55. The number of hydroxylamine groups is 1. The zero-order valence-corrected chi connectivity index (χ0v) is 14.6. The molecule has 1 N–H and O–H groups in total. The number of ether oxygens (including phenoxy) is 2. The van der Waals surface area contributed by atoms with E-state index in [9.17, 15) is 4.79 Å². The van der Waals surface area contributed by atoms with Gasteiger partial charge in [0.05, 0.1) is 18.2 Å². The topological polar surface area (TPSA) is 56.8 Å². The molecule has 0 heterocycles. The Morgan fingerprint density at radius 1 is 1.22 bits per heavy atom. The van der Waals surface area contributed by atoms with E-state index in [1.165, 1.54) is 7.11 Å². The fraction of sp³-hybridized carbons (Fsp3) is 0.235. The zero-order valence-electron chi connectivity index (χ0n) is 13.0. The van der Waals surface area contributed by atoms with Crippen molar-refractivity contribution in [3.05, 3.63) is 58.1 Å². The van der Waals surface area contributed by atoms with Crippen molar-refractivity contribution in [2.45, 2.75) is 13.5 Å². The third kappa shape index (κ3) is 4.71. The fourth-order valence-corrected chi connectivity index (χ4v) is 2.47. The maximum absolute atomic E-state index is 12.0. The predicted octanol–water partition coefficient (Wildman–Crippen LogP) is 3.72. The first-order chi connectivity index (χ1) is 11.2. The molecule has 0 atom stereocenters. The van der Waals surface area contributed by atoms with Crippen molar-refractivity contribution in [1.29, 1.82) is 0 Å². The maximum atomic E-state index is 12.0. The first-order valence-corrected chi connectivity index (χ1v) is 7.91. The summed E-state index contributed by atoms with van der Waals surface area (Å²) in [6.45, 7) is 2.58. The van der Waals surface area contributed by atoms with Gasteiger partial charge in [-0.3, -0.25) is 9.63 Å². The summed E-state index contributed by atoms with van der Waals surface area (Å²) in [5.41, 5.74) is 3.80. The fourth-order valence-electron chi connectivity index (χ4n) is 1.92. The molecule has 0 fully saturated rings. The quantitative estimate of drug-likeness (QED) is 0.744. The van der Waals surface area contributed by atoms with Crippen LogP contribution in [0.4, 0.5) is 0 Å². The summed E-state index contributed by atoms with van der Waals surface area (Å²) in [5, 5.41) is 0. The Kier molecular flexibility index (Phi) is 6.43. The molecular formula is C17H18BrNO4. The minimum absolute atomic E-state index is 0.347. The monoisotopic (exact) mass is 379 g/mol. The van der Waals surface area contributed by atoms with Gasteiger partial charge in [-0.2, -0.15) is 0 Å². The van der Waals surface area contributed by atoms with Crippen LogP contribution < -0.4 is 15.0 Å². The van der Waals surface area contributed by atoms with Crippen molar-refractivity contribution in [1.82, 2.24) is 5.48 Å². The van der Waals surface area contributed by atoms with Gasteiger partial charge in [-0.25, -0.2) is 5.48 Å². The SMILES string of the molecule is CCONC(=O)c1cc(Br)c(OCc2ccccc2)c(OC)c1. The number of amides is 1. The highest BCUT2D eigenvalue weighted by molar-refractivity contribution is 9.10. The van der Waals surface area contributed by atoms with E-state index in [0.29, 0.717) is 34.7 Å². The molecule has 0 bridgehead atoms. The molecule has 0 aliphatic carbocycles. The molecule has 2 rings (SSSR count). The Hall–Kier alpha value is -2.05. The minimum Gasteiger partial charge on any atom is -0.493 e. The van der Waals surface area contributed by atoms with Gasteiger partial charge in [-0.05, 0) is 40.5 Å². The summed E-state index contributed by atoms with van der Waals surface area (Å²) < 4.78 is 11.8. The number of rotatable bonds is 7. The number of carbonyl (C=O) groups excluding carboxylic acids is 1. The van der Waals surface area contributed by atoms with Gasteiger partial charge in [-0.15, -0.1) is 0 Å². The zero-order chi connectivity index (χ0) is 16.7. The molecule has 0 unspecified atom stereocenters. The van der Waals surface area contributed by atoms with Crippen LogP contribution in [0.2, 0.25) is 0 Å². The van der Waals surface area contributed by atoms with Crippen LogP contribution in [0.5, 0.6) is 11.5 Å². The molecule has 6 heteroatoms. The average molecular weight is 380 g/mol. The van der Waals surface area contributed by atoms with Gasteiger partial charge in [0, 0.05) is 5.56 Å². The number of carbonyl (C=O) groups is 1. The molecule has 0 aliphatic heterocycles. The van der Waals surface area contributed by atoms with E-state index in [0.717, 1.165) is 5.56 Å². The molecule has 0 aliphatic rings. The number of hydrogen-bond acceptors (Lipinski definition) is 4. The predicted molar refractivity (Wildman–Crippen MR) is 90.6 cm³/mol. The lowest BCUT2D eigenvalue weighted by Crippen LogP contribution is -2.23. The lowest BCUT2D eigenvalue weighted by Gasteiger charge is -2.14. The molecule has 23 heavy (non-hydrogen) atoms. The second-order valence-electron chi connectivity index (χ2n) is 4.63. The van der Waals surface area contributed by atoms with E-state index < -0.39 is 0 Å². The van der Waals surface area contributed by atoms with Crippen LogP contribution in [0.25, 0.3) is 0 Å². The van der Waals surface area contributed by atoms with Crippen LogP contribution in [0, 0.1) is 0 Å². The lowest BCUT2D eigenvalue weighted by molar-refractivity contribution is 0.0364. The van der Waals surface area contributed by atoms with Gasteiger partial charge < -0.3 is 9.47 Å². The number of methoxy groups -OCH3 is 1. The molecule has 122 valence electrons. The number of benzene rings is 2. The molecule has 0 spiro atoms. The normalized spacial score (nSPS) is 10.2. The summed E-state index contributed by atoms with van der Waals surface area (Å²) in [5.74, 6) is 0.668. The Morgan fingerprint density at radius 2 is 1.96 bits per heavy atom. The van der Waals surface area contributed by atoms with Crippen LogP contribution >= 0.6 is 15.9 Å². The lowest BCUT2D eigenvalue weighted by atomic mass is 10.2. The van der Waals surface area contributed by atoms with E-state index in [2.05, 4.69) is 21.4 Å². The van der Waals surface area contributed by atoms with Crippen LogP contribution in [0.15, 0.2) is 46.9 Å². The summed E-state index contributed by atoms with van der Waals surface area (Å²) in [4.78, 5) is 16.9. The molecule has 0 radical (unpaired) electrons. The van der Waals surface area contributed by atoms with Gasteiger partial charge in [0.2, 0.25) is 0 Å². The smallest absolute Gasteiger partial charge is 0.275 e. The molecule has 2 aromatic carbocycles. The number of nitrogens with one attached hydrogen (secondary N) is 1. The third-order valence-electron chi connectivity index (χ3n) is 3.03. The summed E-state index contributed by atoms with van der Waals surface area (Å²) in [6.07, 6.45) is 0. The van der Waals surface area contributed by atoms with Gasteiger partial charge in [0.15, 0.2) is 11.5 Å². The molecular weight excluding hydrogens is 362 g/mol. The van der Waals surface area contributed by atoms with Crippen LogP contribution in [0.3, 0.4) is 0 Å². The van der Waals surface area contributed by atoms with Gasteiger partial charge in [0.1, 0.15) is 6.61 Å². The number of hydrogen-bond donors (Lipinski definition) is 1. The highest BCUT2D eigenvalue weighted by atomic mass is 79.9. The summed E-state index contributed by atoms with van der Waals surface area (Å²) >= 11 is 3.42. The largest absolute Gasteiger partial charge is 0.493 e. The van der Waals surface area contributed by atoms with Gasteiger partial charge in [0.25, 0.3) is 5.91 Å². The second-order valence-corrected chi connectivity index (χ2v) is 5.48. The molecule has 0 saturated heterocycles. The molecule has 0 saturated carbocycles. The first-order valence-electron chi connectivity index (χ1n) is 7.12. The Balaban J connectivity index is 2.18. The van der Waals surface area contributed by atoms with Crippen molar-refractivity contribution in [2.24, 2.45) is 0 Å². The van der Waals surface area contributed by atoms with E-state index >= 15 is 0 Å². The maximum Gasteiger partial charge on any atom is 0.275 e. The molecule has 0 aromatic heterocycles. The van der Waals surface area contributed by atoms with Crippen LogP contribution in [-0.2, 0) is 11.4 Å². The van der Waals surface area contributed by atoms with Crippen LogP contribution in [0.1, 0.15) is 22.8 Å². The van der Waals surface area contributed by atoms with E-state index in [4.69, 9.17) is 14.3 Å². The van der Waals surface area contributed by atoms with Crippen molar-refractivity contribution < 1.29 is 19.1 Å². The van der Waals surface area contributed by atoms with E-state index in [1.54, 1.807) is 19.1 Å². The first kappa shape index (κ1) is 17.3. The minimum atomic E-state index is -0.347. The highest BCUT2D eigenvalue weighted by Gasteiger charge is 2.16. The van der Waals surface area contributed by atoms with E-state index in [1.807, 2.05) is 30.3 Å². The Bertz CT molecular complexity index is 661. The molecule has 5 nitrogen and oxygen atoms in total. The molecule has 1 amide bonds. The summed E-state index contributed by atoms with van der Waals surface area (Å²) in [6, 6.07) is 13.1. The van der Waals surface area contributed by atoms with E-state index in [-0.39, 0.29) is 5.91 Å².